The third-order valence-corrected chi connectivity index (χ3v) is 14.6. The van der Waals surface area contributed by atoms with Gasteiger partial charge in [-0.15, -0.1) is 11.3 Å². The van der Waals surface area contributed by atoms with Gasteiger partial charge in [-0.2, -0.15) is 0 Å². The monoisotopic (exact) mass is 785 g/mol. The Morgan fingerprint density at radius 3 is 2.55 bits per heavy atom. The maximum absolute atomic E-state index is 14.6. The summed E-state index contributed by atoms with van der Waals surface area (Å²) in [5.74, 6) is -0.434. The van der Waals surface area contributed by atoms with E-state index in [4.69, 9.17) is 9.26 Å². The van der Waals surface area contributed by atoms with Crippen LogP contribution in [-0.4, -0.2) is 82.3 Å². The molecular formula is C41H48N5O7PS. The van der Waals surface area contributed by atoms with Crippen LogP contribution in [0.3, 0.4) is 0 Å². The minimum Gasteiger partial charge on any atom is -0.465 e. The highest BCUT2D eigenvalue weighted by Gasteiger charge is 2.47. The molecule has 2 N–H and O–H groups in total. The molecular weight excluding hydrogens is 738 g/mol. The minimum absolute atomic E-state index is 0.00945. The number of ether oxygens (including phenoxy) is 1. The predicted molar refractivity (Wildman–Crippen MR) is 211 cm³/mol. The Kier molecular flexibility index (Phi) is 11.7. The zero-order chi connectivity index (χ0) is 38.7. The molecule has 14 heteroatoms. The number of benzene rings is 2. The highest BCUT2D eigenvalue weighted by Crippen LogP contribution is 2.57. The van der Waals surface area contributed by atoms with E-state index in [1.54, 1.807) is 55.3 Å². The summed E-state index contributed by atoms with van der Waals surface area (Å²) >= 11 is 1.31. The zero-order valence-corrected chi connectivity index (χ0v) is 33.1. The number of likely N-dealkylation sites (tertiary alicyclic amines) is 1. The van der Waals surface area contributed by atoms with Crippen LogP contribution in [0.5, 0.6) is 5.75 Å². The first-order valence-corrected chi connectivity index (χ1v) is 21.7. The third-order valence-electron chi connectivity index (χ3n) is 10.9. The largest absolute Gasteiger partial charge is 0.465 e. The van der Waals surface area contributed by atoms with Gasteiger partial charge in [0.15, 0.2) is 0 Å². The number of esters is 1. The molecule has 3 amide bonds. The Balaban J connectivity index is 1.04. The summed E-state index contributed by atoms with van der Waals surface area (Å²) in [5.41, 5.74) is 1.13. The first kappa shape index (κ1) is 38.7. The molecule has 3 aliphatic rings. The highest BCUT2D eigenvalue weighted by atomic mass is 32.1. The fourth-order valence-electron chi connectivity index (χ4n) is 7.80. The molecule has 0 spiro atoms. The Bertz CT molecular complexity index is 2070. The van der Waals surface area contributed by atoms with Crippen LogP contribution in [0.25, 0.3) is 10.1 Å². The standard InChI is InChI=1S/C41H48N5O7PS/c1-4-20-52-41(50)26(2)44-54(51,53-33-12-6-5-7-13-33)27(3)28-15-18-36-30(21-28)22-37(55-36)38(47)43-34-14-8-11-32-16-17-35(46(32)39(34)48)40(49)45-24-31(25-45)29-10-9-19-42-23-29/h5-7,9-10,12-13,15,18-19,21-23,26-27,31-32,34-35H,4,8,11,14,16-17,20,24-25H2,1-3H3,(H,43,47)(H,44,51)/t26-,27?,32-,34-,35-,54?/m0/s1. The number of nitrogens with one attached hydrogen (secondary N) is 2. The second-order valence-corrected chi connectivity index (χ2v) is 18.3. The van der Waals surface area contributed by atoms with Crippen LogP contribution < -0.4 is 14.9 Å². The van der Waals surface area contributed by atoms with E-state index in [1.807, 2.05) is 54.4 Å². The quantitative estimate of drug-likeness (QED) is 0.110. The summed E-state index contributed by atoms with van der Waals surface area (Å²) in [6, 6.07) is 18.0. The molecule has 6 atom stereocenters. The number of amides is 3. The molecule has 12 nitrogen and oxygen atoms in total. The third kappa shape index (κ3) is 8.34. The number of fused-ring (bicyclic) bond motifs is 2. The van der Waals surface area contributed by atoms with Crippen molar-refractivity contribution in [2.75, 3.05) is 19.7 Å². The van der Waals surface area contributed by atoms with Crippen LogP contribution in [0, 0.1) is 0 Å². The van der Waals surface area contributed by atoms with Crippen LogP contribution in [-0.2, 0) is 23.7 Å². The molecule has 7 rings (SSSR count). The summed E-state index contributed by atoms with van der Waals surface area (Å²) in [4.78, 5) is 62.5. The van der Waals surface area contributed by atoms with E-state index >= 15 is 0 Å². The molecule has 2 unspecified atom stereocenters. The van der Waals surface area contributed by atoms with E-state index in [0.717, 1.165) is 34.9 Å². The molecule has 0 bridgehead atoms. The first-order chi connectivity index (χ1) is 26.5. The first-order valence-electron chi connectivity index (χ1n) is 19.2. The van der Waals surface area contributed by atoms with E-state index in [9.17, 15) is 23.7 Å². The van der Waals surface area contributed by atoms with Gasteiger partial charge in [-0.25, -0.2) is 5.09 Å². The second-order valence-electron chi connectivity index (χ2n) is 14.8. The summed E-state index contributed by atoms with van der Waals surface area (Å²) in [7, 11) is -3.76. The number of nitrogens with zero attached hydrogens (tertiary/aromatic N) is 3. The fourth-order valence-corrected chi connectivity index (χ4v) is 10.8. The van der Waals surface area contributed by atoms with E-state index in [2.05, 4.69) is 15.4 Å². The molecule has 2 aromatic carbocycles. The van der Waals surface area contributed by atoms with Gasteiger partial charge < -0.3 is 24.4 Å². The molecule has 0 saturated carbocycles. The Morgan fingerprint density at radius 1 is 1.00 bits per heavy atom. The van der Waals surface area contributed by atoms with Crippen molar-refractivity contribution in [3.63, 3.8) is 0 Å². The Hall–Kier alpha value is -4.58. The lowest BCUT2D eigenvalue weighted by atomic mass is 9.92. The van der Waals surface area contributed by atoms with Gasteiger partial charge in [0.25, 0.3) is 5.91 Å². The van der Waals surface area contributed by atoms with Gasteiger partial charge in [-0.3, -0.25) is 28.7 Å². The van der Waals surface area contributed by atoms with E-state index in [1.165, 1.54) is 11.3 Å². The molecule has 0 radical (unpaired) electrons. The lowest BCUT2D eigenvalue weighted by Gasteiger charge is -2.42. The minimum atomic E-state index is -3.76. The molecule has 290 valence electrons. The summed E-state index contributed by atoms with van der Waals surface area (Å²) in [6.45, 7) is 6.77. The van der Waals surface area contributed by atoms with Crippen molar-refractivity contribution in [1.29, 1.82) is 0 Å². The van der Waals surface area contributed by atoms with Crippen LogP contribution in [0.15, 0.2) is 79.1 Å². The Labute approximate surface area is 325 Å². The van der Waals surface area contributed by atoms with E-state index in [-0.39, 0.29) is 36.3 Å². The summed E-state index contributed by atoms with van der Waals surface area (Å²) in [6.07, 6.45) is 7.73. The van der Waals surface area contributed by atoms with Crippen molar-refractivity contribution in [3.05, 3.63) is 95.1 Å². The average molecular weight is 786 g/mol. The number of rotatable bonds is 13. The van der Waals surface area contributed by atoms with Gasteiger partial charge in [0.1, 0.15) is 23.9 Å². The SMILES string of the molecule is CCCOC(=O)[C@H](C)NP(=O)(Oc1ccccc1)C(C)c1ccc2sc(C(=O)N[C@H]3CCC[C@H]4CC[C@@H](C(=O)N5CC(c6cccnc6)C5)N4C3=O)cc2c1. The van der Waals surface area contributed by atoms with Gasteiger partial charge in [0, 0.05) is 42.1 Å². The molecule has 2 aromatic heterocycles. The topological polar surface area (TPSA) is 147 Å². The van der Waals surface area contributed by atoms with Gasteiger partial charge in [-0.05, 0) is 105 Å². The summed E-state index contributed by atoms with van der Waals surface area (Å²) < 4.78 is 26.9. The van der Waals surface area contributed by atoms with E-state index < -0.39 is 37.3 Å². The maximum Gasteiger partial charge on any atom is 0.324 e. The lowest BCUT2D eigenvalue weighted by Crippen LogP contribution is -2.58. The van der Waals surface area contributed by atoms with Gasteiger partial charge in [0.05, 0.1) is 17.1 Å². The number of para-hydroxylation sites is 1. The van der Waals surface area contributed by atoms with Crippen molar-refractivity contribution in [2.45, 2.75) is 95.0 Å². The molecule has 5 heterocycles. The average Bonchev–Trinajstić information content (AvgIpc) is 3.77. The van der Waals surface area contributed by atoms with Gasteiger partial charge >= 0.3 is 13.5 Å². The van der Waals surface area contributed by atoms with Crippen LogP contribution >= 0.6 is 18.9 Å². The normalized spacial score (nSPS) is 22.2. The number of aromatic nitrogens is 1. The molecule has 4 aromatic rings. The number of carbonyl (C=O) groups excluding carboxylic acids is 4. The van der Waals surface area contributed by atoms with Crippen molar-refractivity contribution in [3.8, 4) is 5.75 Å². The number of thiophene rings is 1. The molecule has 0 aliphatic carbocycles. The molecule has 3 saturated heterocycles. The van der Waals surface area contributed by atoms with Crippen molar-refractivity contribution in [2.24, 2.45) is 0 Å². The van der Waals surface area contributed by atoms with Gasteiger partial charge in [0.2, 0.25) is 11.8 Å². The van der Waals surface area contributed by atoms with Crippen molar-refractivity contribution >= 4 is 52.6 Å². The second kappa shape index (κ2) is 16.6. The predicted octanol–water partition coefficient (Wildman–Crippen LogP) is 6.83. The van der Waals surface area contributed by atoms with Crippen LogP contribution in [0.1, 0.15) is 91.7 Å². The Morgan fingerprint density at radius 2 is 1.80 bits per heavy atom. The van der Waals surface area contributed by atoms with Gasteiger partial charge in [-0.1, -0.05) is 37.3 Å². The molecule has 3 aliphatic heterocycles. The van der Waals surface area contributed by atoms with Crippen molar-refractivity contribution < 1.29 is 33.0 Å². The van der Waals surface area contributed by atoms with Crippen molar-refractivity contribution in [1.82, 2.24) is 25.2 Å². The highest BCUT2D eigenvalue weighted by molar-refractivity contribution is 7.57. The number of hydrogen-bond acceptors (Lipinski definition) is 9. The van der Waals surface area contributed by atoms with E-state index in [0.29, 0.717) is 48.5 Å². The maximum atomic E-state index is 14.6. The molecule has 55 heavy (non-hydrogen) atoms. The fraction of sp³-hybridized carbons (Fsp3) is 0.439. The van der Waals surface area contributed by atoms with Crippen LogP contribution in [0.2, 0.25) is 0 Å². The number of pyridine rings is 1. The molecule has 3 fully saturated rings. The summed E-state index contributed by atoms with van der Waals surface area (Å²) in [5, 5.41) is 6.74. The number of hydrogen-bond donors (Lipinski definition) is 2. The van der Waals surface area contributed by atoms with Crippen LogP contribution in [0.4, 0.5) is 0 Å². The lowest BCUT2D eigenvalue weighted by molar-refractivity contribution is -0.148. The smallest absolute Gasteiger partial charge is 0.324 e. The zero-order valence-electron chi connectivity index (χ0n) is 31.4. The number of carbonyl (C=O) groups is 4.